The Bertz CT molecular complexity index is 378. The fourth-order valence-electron chi connectivity index (χ4n) is 1.24. The van der Waals surface area contributed by atoms with Crippen molar-refractivity contribution in [3.05, 3.63) is 23.8 Å². The third-order valence-corrected chi connectivity index (χ3v) is 2.25. The molecular weight excluding hydrogens is 210 g/mol. The first-order chi connectivity index (χ1) is 7.56. The Labute approximate surface area is 93.7 Å². The van der Waals surface area contributed by atoms with Crippen LogP contribution in [0.2, 0.25) is 0 Å². The van der Waals surface area contributed by atoms with Crippen LogP contribution >= 0.6 is 0 Å². The van der Waals surface area contributed by atoms with Crippen molar-refractivity contribution >= 4 is 5.97 Å². The van der Waals surface area contributed by atoms with E-state index in [4.69, 9.17) is 0 Å². The molecule has 0 aromatic heterocycles. The summed E-state index contributed by atoms with van der Waals surface area (Å²) in [5.74, 6) is -0.725. The molecule has 16 heavy (non-hydrogen) atoms. The van der Waals surface area contributed by atoms with E-state index in [1.165, 1.54) is 13.2 Å². The number of nitrogens with one attached hydrogen (secondary N) is 1. The lowest BCUT2D eigenvalue weighted by Gasteiger charge is -2.12. The molecule has 1 unspecified atom stereocenters. The van der Waals surface area contributed by atoms with E-state index in [0.29, 0.717) is 5.56 Å². The average molecular weight is 225 g/mol. The summed E-state index contributed by atoms with van der Waals surface area (Å²) in [6, 6.07) is 4.20. The zero-order chi connectivity index (χ0) is 12.1. The molecule has 0 radical (unpaired) electrons. The summed E-state index contributed by atoms with van der Waals surface area (Å²) < 4.78 is 4.54. The molecule has 5 heteroatoms. The highest BCUT2D eigenvalue weighted by Crippen LogP contribution is 2.27. The van der Waals surface area contributed by atoms with Crippen LogP contribution in [-0.2, 0) is 16.1 Å². The summed E-state index contributed by atoms with van der Waals surface area (Å²) in [5.41, 5.74) is 0.524. The van der Waals surface area contributed by atoms with E-state index in [9.17, 15) is 15.0 Å². The first kappa shape index (κ1) is 12.3. The summed E-state index contributed by atoms with van der Waals surface area (Å²) in [6.45, 7) is 1.93. The van der Waals surface area contributed by atoms with Crippen molar-refractivity contribution in [2.45, 2.75) is 19.5 Å². The molecule has 0 aliphatic carbocycles. The van der Waals surface area contributed by atoms with Gasteiger partial charge in [-0.1, -0.05) is 12.1 Å². The molecular formula is C11H15NO4. The van der Waals surface area contributed by atoms with Gasteiger partial charge in [0.15, 0.2) is 11.5 Å². The number of para-hydroxylation sites is 1. The molecule has 0 bridgehead atoms. The number of hydrogen-bond donors (Lipinski definition) is 3. The van der Waals surface area contributed by atoms with Gasteiger partial charge in [-0.2, -0.15) is 0 Å². The quantitative estimate of drug-likeness (QED) is 0.520. The Morgan fingerprint density at radius 3 is 2.81 bits per heavy atom. The van der Waals surface area contributed by atoms with Gasteiger partial charge in [-0.3, -0.25) is 4.79 Å². The summed E-state index contributed by atoms with van der Waals surface area (Å²) >= 11 is 0. The van der Waals surface area contributed by atoms with E-state index in [1.54, 1.807) is 19.1 Å². The minimum absolute atomic E-state index is 0.174. The number of aromatic hydroxyl groups is 2. The summed E-state index contributed by atoms with van der Waals surface area (Å²) in [7, 11) is 1.31. The normalized spacial score (nSPS) is 12.1. The number of carbonyl (C=O) groups excluding carboxylic acids is 1. The average Bonchev–Trinajstić information content (AvgIpc) is 2.29. The lowest BCUT2D eigenvalue weighted by Crippen LogP contribution is -2.34. The van der Waals surface area contributed by atoms with Crippen LogP contribution in [0.15, 0.2) is 18.2 Å². The number of carbonyl (C=O) groups is 1. The van der Waals surface area contributed by atoms with E-state index >= 15 is 0 Å². The molecule has 1 aromatic rings. The predicted molar refractivity (Wildman–Crippen MR) is 58.1 cm³/mol. The van der Waals surface area contributed by atoms with Crippen molar-refractivity contribution in [2.24, 2.45) is 0 Å². The Morgan fingerprint density at radius 2 is 2.19 bits per heavy atom. The van der Waals surface area contributed by atoms with Gasteiger partial charge in [0.1, 0.15) is 6.04 Å². The van der Waals surface area contributed by atoms with E-state index in [0.717, 1.165) is 0 Å². The first-order valence-corrected chi connectivity index (χ1v) is 4.87. The topological polar surface area (TPSA) is 78.8 Å². The molecule has 5 nitrogen and oxygen atoms in total. The number of rotatable bonds is 4. The van der Waals surface area contributed by atoms with Gasteiger partial charge in [0, 0.05) is 12.1 Å². The first-order valence-electron chi connectivity index (χ1n) is 4.87. The Balaban J connectivity index is 2.61. The number of methoxy groups -OCH3 is 1. The van der Waals surface area contributed by atoms with Gasteiger partial charge in [0.25, 0.3) is 0 Å². The van der Waals surface area contributed by atoms with Gasteiger partial charge < -0.3 is 20.3 Å². The van der Waals surface area contributed by atoms with Crippen LogP contribution in [-0.4, -0.2) is 29.3 Å². The van der Waals surface area contributed by atoms with Gasteiger partial charge in [-0.05, 0) is 13.0 Å². The molecule has 0 aliphatic rings. The molecule has 88 valence electrons. The Morgan fingerprint density at radius 1 is 1.50 bits per heavy atom. The van der Waals surface area contributed by atoms with Crippen LogP contribution in [0.1, 0.15) is 12.5 Å². The smallest absolute Gasteiger partial charge is 0.322 e. The molecule has 0 saturated carbocycles. The number of hydrogen-bond acceptors (Lipinski definition) is 5. The van der Waals surface area contributed by atoms with Gasteiger partial charge in [-0.25, -0.2) is 0 Å². The molecule has 0 saturated heterocycles. The summed E-state index contributed by atoms with van der Waals surface area (Å²) in [4.78, 5) is 11.1. The molecule has 0 spiro atoms. The number of benzene rings is 1. The lowest BCUT2D eigenvalue weighted by molar-refractivity contribution is -0.142. The zero-order valence-electron chi connectivity index (χ0n) is 9.23. The number of esters is 1. The second kappa shape index (κ2) is 5.37. The van der Waals surface area contributed by atoms with Crippen LogP contribution in [0.5, 0.6) is 11.5 Å². The summed E-state index contributed by atoms with van der Waals surface area (Å²) in [6.07, 6.45) is 0. The van der Waals surface area contributed by atoms with E-state index in [1.807, 2.05) is 0 Å². The number of phenols is 2. The Hall–Kier alpha value is -1.75. The maximum Gasteiger partial charge on any atom is 0.322 e. The van der Waals surface area contributed by atoms with Gasteiger partial charge in [0.05, 0.1) is 7.11 Å². The van der Waals surface area contributed by atoms with Gasteiger partial charge in [-0.15, -0.1) is 0 Å². The fourth-order valence-corrected chi connectivity index (χ4v) is 1.24. The highest BCUT2D eigenvalue weighted by Gasteiger charge is 2.13. The molecule has 3 N–H and O–H groups in total. The minimum Gasteiger partial charge on any atom is -0.504 e. The molecule has 0 fully saturated rings. The van der Waals surface area contributed by atoms with Crippen molar-refractivity contribution in [3.8, 4) is 11.5 Å². The zero-order valence-corrected chi connectivity index (χ0v) is 9.23. The second-order valence-corrected chi connectivity index (χ2v) is 3.41. The maximum absolute atomic E-state index is 11.1. The second-order valence-electron chi connectivity index (χ2n) is 3.41. The van der Waals surface area contributed by atoms with Crippen LogP contribution in [0.25, 0.3) is 0 Å². The van der Waals surface area contributed by atoms with Gasteiger partial charge >= 0.3 is 5.97 Å². The van der Waals surface area contributed by atoms with Crippen LogP contribution in [0, 0.1) is 0 Å². The third-order valence-electron chi connectivity index (χ3n) is 2.25. The standard InChI is InChI=1S/C11H15NO4/c1-7(11(15)16-2)12-6-8-4-3-5-9(13)10(8)14/h3-5,7,12-14H,6H2,1-2H3. The SMILES string of the molecule is COC(=O)C(C)NCc1cccc(O)c1O. The lowest BCUT2D eigenvalue weighted by atomic mass is 10.1. The van der Waals surface area contributed by atoms with Crippen molar-refractivity contribution in [2.75, 3.05) is 7.11 Å². The van der Waals surface area contributed by atoms with Gasteiger partial charge in [0.2, 0.25) is 0 Å². The molecule has 1 aromatic carbocycles. The molecule has 0 heterocycles. The fraction of sp³-hybridized carbons (Fsp3) is 0.364. The monoisotopic (exact) mass is 225 g/mol. The predicted octanol–water partition coefficient (Wildman–Crippen LogP) is 0.749. The van der Waals surface area contributed by atoms with Crippen molar-refractivity contribution in [3.63, 3.8) is 0 Å². The Kier molecular flexibility index (Phi) is 4.13. The third kappa shape index (κ3) is 2.87. The maximum atomic E-state index is 11.1. The number of ether oxygens (including phenoxy) is 1. The minimum atomic E-state index is -0.466. The van der Waals surface area contributed by atoms with Crippen LogP contribution in [0.4, 0.5) is 0 Å². The van der Waals surface area contributed by atoms with E-state index < -0.39 is 6.04 Å². The number of phenolic OH excluding ortho intramolecular Hbond substituents is 2. The van der Waals surface area contributed by atoms with E-state index in [2.05, 4.69) is 10.1 Å². The van der Waals surface area contributed by atoms with Crippen molar-refractivity contribution < 1.29 is 19.7 Å². The van der Waals surface area contributed by atoms with Crippen LogP contribution in [0.3, 0.4) is 0 Å². The molecule has 1 rings (SSSR count). The molecule has 1 atom stereocenters. The highest BCUT2D eigenvalue weighted by molar-refractivity contribution is 5.75. The van der Waals surface area contributed by atoms with E-state index in [-0.39, 0.29) is 24.0 Å². The van der Waals surface area contributed by atoms with Crippen molar-refractivity contribution in [1.29, 1.82) is 0 Å². The molecule has 0 amide bonds. The summed E-state index contributed by atoms with van der Waals surface area (Å²) in [5, 5.41) is 21.6. The van der Waals surface area contributed by atoms with Crippen molar-refractivity contribution in [1.82, 2.24) is 5.32 Å². The highest BCUT2D eigenvalue weighted by atomic mass is 16.5. The molecule has 0 aliphatic heterocycles. The largest absolute Gasteiger partial charge is 0.504 e. The van der Waals surface area contributed by atoms with Crippen LogP contribution < -0.4 is 5.32 Å².